The van der Waals surface area contributed by atoms with Crippen molar-refractivity contribution in [2.45, 2.75) is 20.0 Å². The van der Waals surface area contributed by atoms with Gasteiger partial charge in [0.15, 0.2) is 0 Å². The molecule has 0 aliphatic carbocycles. The second-order valence-electron chi connectivity index (χ2n) is 6.28. The van der Waals surface area contributed by atoms with E-state index < -0.39 is 16.8 Å². The summed E-state index contributed by atoms with van der Waals surface area (Å²) in [5.41, 5.74) is 2.46. The molecule has 1 amide bonds. The van der Waals surface area contributed by atoms with Crippen molar-refractivity contribution in [2.75, 3.05) is 11.4 Å². The molecule has 0 bridgehead atoms. The molecule has 1 fully saturated rings. The number of nitrogens with zero attached hydrogens (tertiary/aromatic N) is 2. The molecule has 26 heavy (non-hydrogen) atoms. The third-order valence-electron chi connectivity index (χ3n) is 4.30. The van der Waals surface area contributed by atoms with Crippen LogP contribution in [0.1, 0.15) is 17.5 Å². The predicted octanol–water partition coefficient (Wildman–Crippen LogP) is 3.00. The van der Waals surface area contributed by atoms with Crippen LogP contribution in [0.2, 0.25) is 0 Å². The lowest BCUT2D eigenvalue weighted by atomic mass is 10.1. The molecule has 0 N–H and O–H groups in total. The molecule has 1 saturated heterocycles. The number of nitro groups is 1. The fourth-order valence-corrected chi connectivity index (χ4v) is 2.90. The lowest BCUT2D eigenvalue weighted by Gasteiger charge is -2.17. The molecular formula is C19H18N2O5. The van der Waals surface area contributed by atoms with Crippen LogP contribution >= 0.6 is 0 Å². The molecule has 1 atom stereocenters. The van der Waals surface area contributed by atoms with Crippen LogP contribution < -0.4 is 4.90 Å². The van der Waals surface area contributed by atoms with Crippen molar-refractivity contribution in [3.8, 4) is 0 Å². The summed E-state index contributed by atoms with van der Waals surface area (Å²) in [5.74, 6) is -1.05. The van der Waals surface area contributed by atoms with Gasteiger partial charge in [-0.25, -0.2) is 0 Å². The van der Waals surface area contributed by atoms with Crippen molar-refractivity contribution in [2.24, 2.45) is 5.92 Å². The number of aryl methyl sites for hydroxylation is 1. The Kier molecular flexibility index (Phi) is 4.97. The van der Waals surface area contributed by atoms with Crippen LogP contribution in [0.15, 0.2) is 48.5 Å². The van der Waals surface area contributed by atoms with Crippen molar-refractivity contribution in [1.29, 1.82) is 0 Å². The van der Waals surface area contributed by atoms with E-state index >= 15 is 0 Å². The van der Waals surface area contributed by atoms with Crippen molar-refractivity contribution in [3.05, 3.63) is 69.8 Å². The largest absolute Gasteiger partial charge is 0.461 e. The predicted molar refractivity (Wildman–Crippen MR) is 94.5 cm³/mol. The lowest BCUT2D eigenvalue weighted by molar-refractivity contribution is -0.384. The van der Waals surface area contributed by atoms with Gasteiger partial charge in [0.05, 0.1) is 10.8 Å². The molecule has 0 saturated carbocycles. The number of rotatable bonds is 5. The Morgan fingerprint density at radius 2 is 2.00 bits per heavy atom. The van der Waals surface area contributed by atoms with Gasteiger partial charge in [-0.15, -0.1) is 0 Å². The molecular weight excluding hydrogens is 336 g/mol. The minimum absolute atomic E-state index is 0.0183. The van der Waals surface area contributed by atoms with Crippen molar-refractivity contribution in [1.82, 2.24) is 0 Å². The van der Waals surface area contributed by atoms with Gasteiger partial charge in [0.2, 0.25) is 5.91 Å². The Hall–Kier alpha value is -3.22. The summed E-state index contributed by atoms with van der Waals surface area (Å²) >= 11 is 0. The number of carbonyl (C=O) groups is 2. The number of ether oxygens (including phenoxy) is 1. The van der Waals surface area contributed by atoms with Gasteiger partial charge in [-0.2, -0.15) is 0 Å². The van der Waals surface area contributed by atoms with E-state index in [1.165, 1.54) is 12.1 Å². The molecule has 134 valence electrons. The minimum atomic E-state index is -0.513. The zero-order chi connectivity index (χ0) is 18.7. The molecule has 3 rings (SSSR count). The average molecular weight is 354 g/mol. The monoisotopic (exact) mass is 354 g/mol. The summed E-state index contributed by atoms with van der Waals surface area (Å²) in [6.45, 7) is 2.26. The number of hydrogen-bond acceptors (Lipinski definition) is 5. The molecule has 7 heteroatoms. The van der Waals surface area contributed by atoms with Crippen LogP contribution in [0.5, 0.6) is 0 Å². The van der Waals surface area contributed by atoms with Crippen LogP contribution in [0.25, 0.3) is 0 Å². The maximum atomic E-state index is 12.3. The molecule has 1 aliphatic heterocycles. The third-order valence-corrected chi connectivity index (χ3v) is 4.30. The first-order valence-corrected chi connectivity index (χ1v) is 8.21. The van der Waals surface area contributed by atoms with E-state index in [1.807, 2.05) is 31.2 Å². The Labute approximate surface area is 150 Å². The fraction of sp³-hybridized carbons (Fsp3) is 0.263. The Bertz CT molecular complexity index is 847. The average Bonchev–Trinajstić information content (AvgIpc) is 3.02. The van der Waals surface area contributed by atoms with Crippen LogP contribution in [-0.4, -0.2) is 23.3 Å². The number of hydrogen-bond donors (Lipinski definition) is 0. The van der Waals surface area contributed by atoms with E-state index in [2.05, 4.69) is 0 Å². The highest BCUT2D eigenvalue weighted by molar-refractivity contribution is 5.99. The van der Waals surface area contributed by atoms with E-state index in [0.29, 0.717) is 12.1 Å². The van der Waals surface area contributed by atoms with Crippen molar-refractivity contribution >= 4 is 23.3 Å². The maximum absolute atomic E-state index is 12.3. The number of amides is 1. The Balaban J connectivity index is 1.58. The number of carbonyl (C=O) groups excluding carboxylic acids is 2. The standard InChI is InChI=1S/C19H18N2O5/c1-13-3-2-4-17(9-13)20-11-15(10-18(20)22)19(23)26-12-14-5-7-16(8-6-14)21(24)25/h2-9,15H,10-12H2,1H3/t15-/m1/s1. The number of nitro benzene ring substituents is 1. The van der Waals surface area contributed by atoms with Crippen molar-refractivity contribution < 1.29 is 19.2 Å². The van der Waals surface area contributed by atoms with Gasteiger partial charge in [-0.1, -0.05) is 12.1 Å². The molecule has 2 aromatic rings. The van der Waals surface area contributed by atoms with Gasteiger partial charge in [0, 0.05) is 30.8 Å². The van der Waals surface area contributed by atoms with Gasteiger partial charge in [0.25, 0.3) is 5.69 Å². The summed E-state index contributed by atoms with van der Waals surface area (Å²) in [6.07, 6.45) is 0.118. The lowest BCUT2D eigenvalue weighted by Crippen LogP contribution is -2.26. The summed E-state index contributed by atoms with van der Waals surface area (Å²) < 4.78 is 5.28. The van der Waals surface area contributed by atoms with E-state index in [0.717, 1.165) is 11.3 Å². The number of esters is 1. The van der Waals surface area contributed by atoms with Crippen LogP contribution in [-0.2, 0) is 20.9 Å². The SMILES string of the molecule is Cc1cccc(N2C[C@H](C(=O)OCc3ccc([N+](=O)[O-])cc3)CC2=O)c1. The second kappa shape index (κ2) is 7.35. The third kappa shape index (κ3) is 3.88. The Morgan fingerprint density at radius 1 is 1.27 bits per heavy atom. The first-order valence-electron chi connectivity index (χ1n) is 8.21. The van der Waals surface area contributed by atoms with Gasteiger partial charge >= 0.3 is 5.97 Å². The molecule has 0 radical (unpaired) electrons. The van der Waals surface area contributed by atoms with Crippen LogP contribution in [0, 0.1) is 23.0 Å². The second-order valence-corrected chi connectivity index (χ2v) is 6.28. The molecule has 1 heterocycles. The number of benzene rings is 2. The molecule has 2 aromatic carbocycles. The van der Waals surface area contributed by atoms with Crippen LogP contribution in [0.4, 0.5) is 11.4 Å². The van der Waals surface area contributed by atoms with Gasteiger partial charge in [0.1, 0.15) is 6.61 Å². The van der Waals surface area contributed by atoms with E-state index in [9.17, 15) is 19.7 Å². The van der Waals surface area contributed by atoms with E-state index in [1.54, 1.807) is 17.0 Å². The normalized spacial score (nSPS) is 16.6. The smallest absolute Gasteiger partial charge is 0.311 e. The summed E-state index contributed by atoms with van der Waals surface area (Å²) in [5, 5.41) is 10.6. The maximum Gasteiger partial charge on any atom is 0.311 e. The van der Waals surface area contributed by atoms with E-state index in [4.69, 9.17) is 4.74 Å². The highest BCUT2D eigenvalue weighted by Gasteiger charge is 2.36. The number of anilines is 1. The highest BCUT2D eigenvalue weighted by Crippen LogP contribution is 2.26. The Morgan fingerprint density at radius 3 is 2.65 bits per heavy atom. The zero-order valence-electron chi connectivity index (χ0n) is 14.3. The van der Waals surface area contributed by atoms with Crippen LogP contribution in [0.3, 0.4) is 0 Å². The minimum Gasteiger partial charge on any atom is -0.461 e. The fourth-order valence-electron chi connectivity index (χ4n) is 2.90. The zero-order valence-corrected chi connectivity index (χ0v) is 14.3. The molecule has 7 nitrogen and oxygen atoms in total. The molecule has 1 aliphatic rings. The quantitative estimate of drug-likeness (QED) is 0.468. The summed E-state index contributed by atoms with van der Waals surface area (Å²) in [6, 6.07) is 13.4. The highest BCUT2D eigenvalue weighted by atomic mass is 16.6. The molecule has 0 aromatic heterocycles. The first-order chi connectivity index (χ1) is 12.4. The number of non-ortho nitro benzene ring substituents is 1. The van der Waals surface area contributed by atoms with Gasteiger partial charge in [-0.05, 0) is 42.3 Å². The van der Waals surface area contributed by atoms with E-state index in [-0.39, 0.29) is 24.6 Å². The summed E-state index contributed by atoms with van der Waals surface area (Å²) in [4.78, 5) is 36.3. The van der Waals surface area contributed by atoms with Gasteiger partial charge < -0.3 is 9.64 Å². The van der Waals surface area contributed by atoms with Crippen molar-refractivity contribution in [3.63, 3.8) is 0 Å². The molecule has 0 unspecified atom stereocenters. The molecule has 0 spiro atoms. The first kappa shape index (κ1) is 17.6. The van der Waals surface area contributed by atoms with Gasteiger partial charge in [-0.3, -0.25) is 19.7 Å². The summed E-state index contributed by atoms with van der Waals surface area (Å²) in [7, 11) is 0. The topological polar surface area (TPSA) is 89.8 Å².